The summed E-state index contributed by atoms with van der Waals surface area (Å²) in [6.45, 7) is 9.59. The third-order valence-electron chi connectivity index (χ3n) is 7.20. The lowest BCUT2D eigenvalue weighted by molar-refractivity contribution is 0.0733. The van der Waals surface area contributed by atoms with Gasteiger partial charge in [0.25, 0.3) is 5.91 Å². The fraction of sp³-hybridized carbons (Fsp3) is 0.393. The molecule has 1 aromatic heterocycles. The van der Waals surface area contributed by atoms with Crippen LogP contribution in [0.1, 0.15) is 34.1 Å². The zero-order valence-corrected chi connectivity index (χ0v) is 21.2. The molecule has 1 amide bonds. The molecule has 1 saturated heterocycles. The number of hydrogen-bond acceptors (Lipinski definition) is 6. The van der Waals surface area contributed by atoms with Gasteiger partial charge in [0.1, 0.15) is 11.6 Å². The second kappa shape index (κ2) is 10.1. The van der Waals surface area contributed by atoms with Gasteiger partial charge in [0.15, 0.2) is 0 Å². The van der Waals surface area contributed by atoms with Crippen LogP contribution < -0.4 is 14.7 Å². The molecule has 1 fully saturated rings. The number of fused-ring (bicyclic) bond motifs is 1. The van der Waals surface area contributed by atoms with Gasteiger partial charge >= 0.3 is 0 Å². The number of amides is 1. The molecular weight excluding hydrogens is 455 g/mol. The predicted octanol–water partition coefficient (Wildman–Crippen LogP) is 3.91. The molecule has 0 spiro atoms. The first kappa shape index (κ1) is 24.0. The highest BCUT2D eigenvalue weighted by molar-refractivity contribution is 5.94. The number of benzene rings is 2. The van der Waals surface area contributed by atoms with E-state index < -0.39 is 0 Å². The van der Waals surface area contributed by atoms with Gasteiger partial charge in [-0.15, -0.1) is 0 Å². The quantitative estimate of drug-likeness (QED) is 0.543. The smallest absolute Gasteiger partial charge is 0.254 e. The van der Waals surface area contributed by atoms with Gasteiger partial charge in [-0.3, -0.25) is 4.79 Å². The van der Waals surface area contributed by atoms with Crippen LogP contribution in [-0.2, 0) is 13.0 Å². The van der Waals surface area contributed by atoms with Gasteiger partial charge in [-0.2, -0.15) is 4.98 Å². The Hall–Kier alpha value is -3.68. The molecule has 36 heavy (non-hydrogen) atoms. The zero-order chi connectivity index (χ0) is 25.2. The summed E-state index contributed by atoms with van der Waals surface area (Å²) in [7, 11) is 2.03. The minimum atomic E-state index is -0.344. The SMILES string of the molecule is CCN(C)c1nc(N2CCN(c3ccc(C)cc3)CC2)nc2c1CN(C(=O)c1ccc(F)cc1)CC2. The molecule has 2 aliphatic heterocycles. The van der Waals surface area contributed by atoms with E-state index in [0.29, 0.717) is 25.1 Å². The monoisotopic (exact) mass is 488 g/mol. The minimum Gasteiger partial charge on any atom is -0.368 e. The van der Waals surface area contributed by atoms with E-state index in [4.69, 9.17) is 9.97 Å². The third-order valence-corrected chi connectivity index (χ3v) is 7.20. The molecule has 7 nitrogen and oxygen atoms in total. The summed E-state index contributed by atoms with van der Waals surface area (Å²) in [6.07, 6.45) is 0.672. The molecule has 188 valence electrons. The Morgan fingerprint density at radius 2 is 1.61 bits per heavy atom. The van der Waals surface area contributed by atoms with Crippen molar-refractivity contribution in [3.63, 3.8) is 0 Å². The van der Waals surface area contributed by atoms with E-state index in [1.165, 1.54) is 23.4 Å². The molecule has 0 radical (unpaired) electrons. The number of nitrogens with zero attached hydrogens (tertiary/aromatic N) is 6. The fourth-order valence-electron chi connectivity index (χ4n) is 4.86. The first-order valence-corrected chi connectivity index (χ1v) is 12.6. The number of aryl methyl sites for hydroxylation is 1. The van der Waals surface area contributed by atoms with Gasteiger partial charge in [0.2, 0.25) is 5.95 Å². The summed E-state index contributed by atoms with van der Waals surface area (Å²) >= 11 is 0. The van der Waals surface area contributed by atoms with Crippen LogP contribution in [-0.4, -0.2) is 67.1 Å². The van der Waals surface area contributed by atoms with Crippen molar-refractivity contribution in [2.75, 3.05) is 61.0 Å². The van der Waals surface area contributed by atoms with Crippen LogP contribution in [0.2, 0.25) is 0 Å². The molecule has 0 unspecified atom stereocenters. The van der Waals surface area contributed by atoms with Crippen molar-refractivity contribution in [1.29, 1.82) is 0 Å². The molecule has 0 N–H and O–H groups in total. The number of piperazine rings is 1. The van der Waals surface area contributed by atoms with Crippen molar-refractivity contribution in [2.45, 2.75) is 26.8 Å². The highest BCUT2D eigenvalue weighted by Crippen LogP contribution is 2.30. The topological polar surface area (TPSA) is 55.8 Å². The summed E-state index contributed by atoms with van der Waals surface area (Å²) < 4.78 is 13.3. The minimum absolute atomic E-state index is 0.0953. The van der Waals surface area contributed by atoms with E-state index in [1.54, 1.807) is 12.1 Å². The second-order valence-electron chi connectivity index (χ2n) is 9.58. The van der Waals surface area contributed by atoms with E-state index in [2.05, 4.69) is 52.8 Å². The Bertz CT molecular complexity index is 1220. The van der Waals surface area contributed by atoms with Crippen molar-refractivity contribution in [2.24, 2.45) is 0 Å². The van der Waals surface area contributed by atoms with Gasteiger partial charge in [-0.25, -0.2) is 9.37 Å². The van der Waals surface area contributed by atoms with Crippen LogP contribution in [0, 0.1) is 12.7 Å². The summed E-state index contributed by atoms with van der Waals surface area (Å²) in [4.78, 5) is 31.7. The summed E-state index contributed by atoms with van der Waals surface area (Å²) in [5.74, 6) is 1.21. The van der Waals surface area contributed by atoms with E-state index in [9.17, 15) is 9.18 Å². The van der Waals surface area contributed by atoms with Crippen molar-refractivity contribution in [1.82, 2.24) is 14.9 Å². The number of carbonyl (C=O) groups is 1. The van der Waals surface area contributed by atoms with Crippen LogP contribution in [0.15, 0.2) is 48.5 Å². The van der Waals surface area contributed by atoms with E-state index in [-0.39, 0.29) is 11.7 Å². The molecule has 5 rings (SSSR count). The molecule has 0 atom stereocenters. The standard InChI is InChI=1S/C28H33FN6O/c1-4-32(3)26-24-19-35(27(36)21-7-9-22(29)10-8-21)14-13-25(24)30-28(31-26)34-17-15-33(16-18-34)23-11-5-20(2)6-12-23/h5-12H,4,13-19H2,1-3H3. The Balaban J connectivity index is 1.35. The molecular formula is C28H33FN6O. The van der Waals surface area contributed by atoms with E-state index in [0.717, 1.165) is 55.7 Å². The Morgan fingerprint density at radius 1 is 0.944 bits per heavy atom. The van der Waals surface area contributed by atoms with E-state index >= 15 is 0 Å². The van der Waals surface area contributed by atoms with Crippen LogP contribution in [0.5, 0.6) is 0 Å². The van der Waals surface area contributed by atoms with Gasteiger partial charge in [0, 0.05) is 69.6 Å². The Labute approximate surface area is 212 Å². The maximum Gasteiger partial charge on any atom is 0.254 e. The molecule has 2 aliphatic rings. The Kier molecular flexibility index (Phi) is 6.76. The number of halogens is 1. The summed E-state index contributed by atoms with van der Waals surface area (Å²) in [6, 6.07) is 14.4. The lowest BCUT2D eigenvalue weighted by Crippen LogP contribution is -2.47. The summed E-state index contributed by atoms with van der Waals surface area (Å²) in [5.41, 5.74) is 5.03. The normalized spacial score (nSPS) is 15.6. The number of rotatable bonds is 5. The maximum absolute atomic E-state index is 13.3. The molecule has 3 heterocycles. The molecule has 2 aromatic carbocycles. The first-order valence-electron chi connectivity index (χ1n) is 12.6. The summed E-state index contributed by atoms with van der Waals surface area (Å²) in [5, 5.41) is 0. The van der Waals surface area contributed by atoms with Crippen LogP contribution in [0.25, 0.3) is 0 Å². The Morgan fingerprint density at radius 3 is 2.28 bits per heavy atom. The first-order chi connectivity index (χ1) is 17.4. The van der Waals surface area contributed by atoms with Crippen LogP contribution in [0.3, 0.4) is 0 Å². The fourth-order valence-corrected chi connectivity index (χ4v) is 4.86. The van der Waals surface area contributed by atoms with Crippen molar-refractivity contribution in [3.05, 3.63) is 76.7 Å². The highest BCUT2D eigenvalue weighted by Gasteiger charge is 2.29. The number of aromatic nitrogens is 2. The van der Waals surface area contributed by atoms with Crippen molar-refractivity contribution >= 4 is 23.4 Å². The number of hydrogen-bond donors (Lipinski definition) is 0. The van der Waals surface area contributed by atoms with Crippen molar-refractivity contribution in [3.8, 4) is 0 Å². The largest absolute Gasteiger partial charge is 0.368 e. The maximum atomic E-state index is 13.3. The second-order valence-corrected chi connectivity index (χ2v) is 9.58. The molecule has 0 bridgehead atoms. The van der Waals surface area contributed by atoms with Crippen LogP contribution >= 0.6 is 0 Å². The van der Waals surface area contributed by atoms with E-state index in [1.807, 2.05) is 11.9 Å². The van der Waals surface area contributed by atoms with Crippen LogP contribution in [0.4, 0.5) is 21.8 Å². The molecule has 3 aromatic rings. The van der Waals surface area contributed by atoms with Gasteiger partial charge in [0.05, 0.1) is 12.2 Å². The number of anilines is 3. The zero-order valence-electron chi connectivity index (χ0n) is 21.2. The van der Waals surface area contributed by atoms with Gasteiger partial charge in [-0.05, 0) is 50.2 Å². The third kappa shape index (κ3) is 4.85. The van der Waals surface area contributed by atoms with Gasteiger partial charge < -0.3 is 19.6 Å². The van der Waals surface area contributed by atoms with Gasteiger partial charge in [-0.1, -0.05) is 17.7 Å². The lowest BCUT2D eigenvalue weighted by atomic mass is 10.0. The number of carbonyl (C=O) groups excluding carboxylic acids is 1. The van der Waals surface area contributed by atoms with Crippen molar-refractivity contribution < 1.29 is 9.18 Å². The average molecular weight is 489 g/mol. The molecule has 8 heteroatoms. The predicted molar refractivity (Wildman–Crippen MR) is 141 cm³/mol. The lowest BCUT2D eigenvalue weighted by Gasteiger charge is -2.37. The highest BCUT2D eigenvalue weighted by atomic mass is 19.1. The molecule has 0 aliphatic carbocycles. The molecule has 0 saturated carbocycles. The average Bonchev–Trinajstić information content (AvgIpc) is 2.92.